The number of hydrogen-bond acceptors (Lipinski definition) is 9. The fraction of sp³-hybridized carbons (Fsp3) is 0.316. The number of allylic oxidation sites excluding steroid dienone is 7. The number of nitrogens with zero attached hydrogens (tertiary/aromatic N) is 2. The molecule has 2 aliphatic rings. The summed E-state index contributed by atoms with van der Waals surface area (Å²) in [5.74, 6) is -2.94. The van der Waals surface area contributed by atoms with E-state index in [0.29, 0.717) is 5.57 Å². The van der Waals surface area contributed by atoms with Crippen LogP contribution in [0.3, 0.4) is 0 Å². The predicted molar refractivity (Wildman–Crippen MR) is 115 cm³/mol. The number of nitrogens with one attached hydrogen (secondary N) is 1. The van der Waals surface area contributed by atoms with E-state index in [2.05, 4.69) is 15.3 Å². The van der Waals surface area contributed by atoms with Crippen LogP contribution in [0.15, 0.2) is 51.8 Å². The molecule has 0 saturated heterocycles. The smallest absolute Gasteiger partial charge is 1.00 e. The number of amides is 1. The van der Waals surface area contributed by atoms with Gasteiger partial charge in [0, 0.05) is 5.92 Å². The summed E-state index contributed by atoms with van der Waals surface area (Å²) in [4.78, 5) is 19.8. The zero-order valence-corrected chi connectivity index (χ0v) is 21.7. The normalized spacial score (nSPS) is 17.3. The van der Waals surface area contributed by atoms with Crippen molar-refractivity contribution in [1.82, 2.24) is 9.97 Å². The standard InChI is InChI=1S/C19H21N3O7S2.Na.H/c1-4-30(24,25)14-9-12-7-5-6-8-13(12)18(14)31(26,27)11-15(23)20-19-21-16(28-2)10-17(22-19)29-3;;/h5-10,13H,4,11H2,1-3H3,(H,20,21,22,23);;/q;+1;-1. The number of rotatable bonds is 8. The van der Waals surface area contributed by atoms with Crippen molar-refractivity contribution in [3.05, 3.63) is 51.8 Å². The summed E-state index contributed by atoms with van der Waals surface area (Å²) in [6.45, 7) is 1.43. The molecule has 13 heteroatoms. The van der Waals surface area contributed by atoms with E-state index in [0.717, 1.165) is 0 Å². The number of aromatic nitrogens is 2. The van der Waals surface area contributed by atoms with E-state index in [1.807, 2.05) is 0 Å². The van der Waals surface area contributed by atoms with Crippen LogP contribution in [0.5, 0.6) is 11.8 Å². The van der Waals surface area contributed by atoms with Gasteiger partial charge in [0.2, 0.25) is 23.6 Å². The van der Waals surface area contributed by atoms with Crippen molar-refractivity contribution >= 4 is 31.5 Å². The largest absolute Gasteiger partial charge is 1.00 e. The quantitative estimate of drug-likeness (QED) is 0.421. The number of anilines is 1. The molecule has 2 aliphatic carbocycles. The van der Waals surface area contributed by atoms with E-state index in [9.17, 15) is 21.6 Å². The summed E-state index contributed by atoms with van der Waals surface area (Å²) in [7, 11) is -5.41. The van der Waals surface area contributed by atoms with Crippen molar-refractivity contribution in [3.63, 3.8) is 0 Å². The van der Waals surface area contributed by atoms with Crippen molar-refractivity contribution in [1.29, 1.82) is 0 Å². The van der Waals surface area contributed by atoms with Crippen LogP contribution in [0.1, 0.15) is 8.35 Å². The molecule has 0 radical (unpaired) electrons. The first kappa shape index (κ1) is 26.3. The first-order chi connectivity index (χ1) is 14.6. The molecular weight excluding hydrogens is 469 g/mol. The zero-order valence-electron chi connectivity index (χ0n) is 19.0. The molecule has 168 valence electrons. The molecule has 32 heavy (non-hydrogen) atoms. The Kier molecular flexibility index (Phi) is 8.45. The van der Waals surface area contributed by atoms with Crippen molar-refractivity contribution in [2.75, 3.05) is 31.0 Å². The van der Waals surface area contributed by atoms with E-state index >= 15 is 0 Å². The summed E-state index contributed by atoms with van der Waals surface area (Å²) in [6.07, 6.45) is 7.91. The Hall–Kier alpha value is -1.99. The Morgan fingerprint density at radius 1 is 1.09 bits per heavy atom. The summed E-state index contributed by atoms with van der Waals surface area (Å²) in [5, 5.41) is 2.29. The molecule has 1 unspecified atom stereocenters. The maximum absolute atomic E-state index is 13.1. The molecule has 0 spiro atoms. The van der Waals surface area contributed by atoms with Gasteiger partial charge in [-0.3, -0.25) is 10.1 Å². The fourth-order valence-electron chi connectivity index (χ4n) is 3.13. The summed E-state index contributed by atoms with van der Waals surface area (Å²) in [5.41, 5.74) is 0.536. The van der Waals surface area contributed by atoms with Crippen molar-refractivity contribution in [2.45, 2.75) is 6.92 Å². The topological polar surface area (TPSA) is 142 Å². The number of ether oxygens (including phenoxy) is 2. The molecule has 0 saturated carbocycles. The molecule has 1 heterocycles. The van der Waals surface area contributed by atoms with Gasteiger partial charge < -0.3 is 10.9 Å². The molecule has 3 rings (SSSR count). The fourth-order valence-corrected chi connectivity index (χ4v) is 6.50. The minimum Gasteiger partial charge on any atom is -1.00 e. The van der Waals surface area contributed by atoms with Gasteiger partial charge in [0.15, 0.2) is 19.7 Å². The minimum atomic E-state index is -4.29. The average molecular weight is 492 g/mol. The Morgan fingerprint density at radius 2 is 1.72 bits per heavy atom. The number of carbonyl (C=O) groups is 1. The first-order valence-electron chi connectivity index (χ1n) is 9.14. The van der Waals surface area contributed by atoms with Gasteiger partial charge in [0.05, 0.1) is 35.8 Å². The molecule has 1 atom stereocenters. The summed E-state index contributed by atoms with van der Waals surface area (Å²) in [6, 6.07) is 1.38. The van der Waals surface area contributed by atoms with Crippen LogP contribution in [-0.4, -0.2) is 58.4 Å². The number of fused-ring (bicyclic) bond motifs is 1. The SMILES string of the molecule is CCS(=O)(=O)C1=C(S(=O)(=O)CC(=O)Nc2nc(OC)cc(OC)n2)C2C=CC=CC2=C1.[H-].[Na+]. The molecule has 0 aliphatic heterocycles. The second-order valence-electron chi connectivity index (χ2n) is 6.58. The van der Waals surface area contributed by atoms with Gasteiger partial charge in [0.25, 0.3) is 0 Å². The molecule has 0 bridgehead atoms. The van der Waals surface area contributed by atoms with Gasteiger partial charge in [-0.05, 0) is 11.6 Å². The minimum absolute atomic E-state index is 0. The Balaban J connectivity index is 0.00000272. The zero-order chi connectivity index (χ0) is 22.8. The molecule has 1 aromatic heterocycles. The first-order valence-corrected chi connectivity index (χ1v) is 12.4. The molecule has 1 aromatic rings. The molecule has 1 amide bonds. The van der Waals surface area contributed by atoms with Gasteiger partial charge in [0.1, 0.15) is 5.75 Å². The van der Waals surface area contributed by atoms with Crippen LogP contribution in [0.25, 0.3) is 0 Å². The van der Waals surface area contributed by atoms with E-state index < -0.39 is 37.3 Å². The van der Waals surface area contributed by atoms with Gasteiger partial charge in [-0.2, -0.15) is 9.97 Å². The maximum atomic E-state index is 13.1. The average Bonchev–Trinajstić information content (AvgIpc) is 3.14. The van der Waals surface area contributed by atoms with E-state index in [1.54, 1.807) is 24.3 Å². The van der Waals surface area contributed by atoms with E-state index in [-0.39, 0.29) is 64.3 Å². The third-order valence-corrected chi connectivity index (χ3v) is 8.29. The monoisotopic (exact) mass is 491 g/mol. The van der Waals surface area contributed by atoms with Gasteiger partial charge in [-0.25, -0.2) is 16.8 Å². The molecule has 0 fully saturated rings. The number of hydrogen-bond donors (Lipinski definition) is 1. The number of sulfone groups is 2. The maximum Gasteiger partial charge on any atom is 1.00 e. The van der Waals surface area contributed by atoms with Crippen LogP contribution in [0.4, 0.5) is 5.95 Å². The third kappa shape index (κ3) is 5.49. The van der Waals surface area contributed by atoms with Crippen LogP contribution in [-0.2, 0) is 24.5 Å². The summed E-state index contributed by atoms with van der Waals surface area (Å²) < 4.78 is 61.4. The van der Waals surface area contributed by atoms with Crippen LogP contribution >= 0.6 is 0 Å². The second kappa shape index (κ2) is 10.3. The third-order valence-electron chi connectivity index (χ3n) is 4.61. The van der Waals surface area contributed by atoms with E-state index in [1.165, 1.54) is 33.3 Å². The molecule has 1 N–H and O–H groups in total. The summed E-state index contributed by atoms with van der Waals surface area (Å²) >= 11 is 0. The number of methoxy groups -OCH3 is 2. The van der Waals surface area contributed by atoms with Crippen molar-refractivity contribution in [3.8, 4) is 11.8 Å². The Morgan fingerprint density at radius 3 is 2.28 bits per heavy atom. The Labute approximate surface area is 210 Å². The van der Waals surface area contributed by atoms with E-state index in [4.69, 9.17) is 9.47 Å². The van der Waals surface area contributed by atoms with Gasteiger partial charge in [-0.1, -0.05) is 31.2 Å². The van der Waals surface area contributed by atoms with Crippen LogP contribution in [0.2, 0.25) is 0 Å². The molecule has 10 nitrogen and oxygen atoms in total. The van der Waals surface area contributed by atoms with Crippen molar-refractivity contribution in [2.24, 2.45) is 5.92 Å². The predicted octanol–water partition coefficient (Wildman–Crippen LogP) is -1.71. The Bertz CT molecular complexity index is 1230. The van der Waals surface area contributed by atoms with Crippen LogP contribution in [0, 0.1) is 5.92 Å². The number of carbonyl (C=O) groups excluding carboxylic acids is 1. The second-order valence-corrected chi connectivity index (χ2v) is 10.8. The van der Waals surface area contributed by atoms with Gasteiger partial charge >= 0.3 is 29.6 Å². The van der Waals surface area contributed by atoms with Crippen molar-refractivity contribution < 1.29 is 62.1 Å². The molecular formula is C19H22N3NaO7S2. The van der Waals surface area contributed by atoms with Crippen LogP contribution < -0.4 is 44.3 Å². The van der Waals surface area contributed by atoms with Gasteiger partial charge in [-0.15, -0.1) is 0 Å². The molecule has 0 aromatic carbocycles.